The van der Waals surface area contributed by atoms with Crippen molar-refractivity contribution in [3.05, 3.63) is 36.3 Å². The number of anilines is 1. The van der Waals surface area contributed by atoms with Crippen molar-refractivity contribution in [2.75, 3.05) is 5.32 Å². The van der Waals surface area contributed by atoms with E-state index in [2.05, 4.69) is 25.3 Å². The normalized spacial score (nSPS) is 23.3. The highest BCUT2D eigenvalue weighted by molar-refractivity contribution is 5.91. The number of aromatic amines is 1. The van der Waals surface area contributed by atoms with Crippen LogP contribution in [-0.4, -0.2) is 48.4 Å². The topological polar surface area (TPSA) is 107 Å². The molecule has 1 aliphatic rings. The first-order valence-corrected chi connectivity index (χ1v) is 8.81. The number of fused-ring (bicyclic) bond motifs is 1. The zero-order chi connectivity index (χ0) is 19.0. The van der Waals surface area contributed by atoms with Gasteiger partial charge in [-0.3, -0.25) is 0 Å². The average Bonchev–Trinajstić information content (AvgIpc) is 3.00. The number of nitrogens with zero attached hydrogens (tertiary/aromatic N) is 3. The molecule has 4 N–H and O–H groups in total. The van der Waals surface area contributed by atoms with Crippen LogP contribution in [0.1, 0.15) is 25.7 Å². The molecule has 9 heteroatoms. The maximum absolute atomic E-state index is 14.3. The van der Waals surface area contributed by atoms with E-state index in [4.69, 9.17) is 0 Å². The Labute approximate surface area is 153 Å². The van der Waals surface area contributed by atoms with Gasteiger partial charge in [0.15, 0.2) is 17.5 Å². The minimum atomic E-state index is -1.02. The Morgan fingerprint density at radius 2 is 1.93 bits per heavy atom. The summed E-state index contributed by atoms with van der Waals surface area (Å²) in [4.78, 5) is 15.1. The van der Waals surface area contributed by atoms with Gasteiger partial charge in [0.2, 0.25) is 0 Å². The summed E-state index contributed by atoms with van der Waals surface area (Å²) >= 11 is 0. The first-order valence-electron chi connectivity index (χ1n) is 8.81. The molecular weight excluding hydrogens is 356 g/mol. The van der Waals surface area contributed by atoms with Crippen LogP contribution in [0.3, 0.4) is 0 Å². The molecule has 3 atom stereocenters. The third-order valence-electron chi connectivity index (χ3n) is 4.88. The fourth-order valence-electron chi connectivity index (χ4n) is 3.42. The van der Waals surface area contributed by atoms with Crippen LogP contribution >= 0.6 is 0 Å². The second kappa shape index (κ2) is 7.16. The Morgan fingerprint density at radius 3 is 2.78 bits per heavy atom. The molecule has 0 radical (unpaired) electrons. The third kappa shape index (κ3) is 3.47. The number of rotatable bonds is 3. The first-order chi connectivity index (χ1) is 13.0. The molecule has 4 rings (SSSR count). The number of aliphatic hydroxyl groups excluding tert-OH is 2. The summed E-state index contributed by atoms with van der Waals surface area (Å²) in [5.41, 5.74) is 0.956. The van der Waals surface area contributed by atoms with Crippen molar-refractivity contribution in [3.63, 3.8) is 0 Å². The van der Waals surface area contributed by atoms with Crippen molar-refractivity contribution in [1.29, 1.82) is 0 Å². The molecule has 0 aliphatic heterocycles. The predicted molar refractivity (Wildman–Crippen MR) is 94.9 cm³/mol. The Bertz CT molecular complexity index is 964. The van der Waals surface area contributed by atoms with Crippen LogP contribution in [0.25, 0.3) is 22.4 Å². The van der Waals surface area contributed by atoms with Crippen LogP contribution in [0.4, 0.5) is 14.6 Å². The molecule has 1 saturated carbocycles. The average molecular weight is 375 g/mol. The van der Waals surface area contributed by atoms with E-state index >= 15 is 0 Å². The van der Waals surface area contributed by atoms with Gasteiger partial charge in [-0.25, -0.2) is 23.7 Å². The standard InChI is InChI=1S/C18H19F2N5O2/c19-9-5-10-11(7-22-16(10)21-6-9)17-23-8-12(20)18(25-17)24-13-3-1-2-4-14(26)15(13)27/h5-8,13-15,26-27H,1-4H2,(H,21,22)(H,23,24,25)/t13-,14+,15?/m0/s1. The molecule has 0 bridgehead atoms. The van der Waals surface area contributed by atoms with Gasteiger partial charge in [-0.2, -0.15) is 0 Å². The highest BCUT2D eigenvalue weighted by Gasteiger charge is 2.29. The maximum atomic E-state index is 14.3. The van der Waals surface area contributed by atoms with E-state index in [-0.39, 0.29) is 11.6 Å². The number of aliphatic hydroxyl groups is 2. The molecule has 7 nitrogen and oxygen atoms in total. The second-order valence-electron chi connectivity index (χ2n) is 6.74. The molecular formula is C18H19F2N5O2. The van der Waals surface area contributed by atoms with Gasteiger partial charge in [0.05, 0.1) is 30.6 Å². The number of pyridine rings is 1. The van der Waals surface area contributed by atoms with Crippen LogP contribution in [0.5, 0.6) is 0 Å². The lowest BCUT2D eigenvalue weighted by Gasteiger charge is -2.25. The first kappa shape index (κ1) is 17.7. The van der Waals surface area contributed by atoms with Crippen molar-refractivity contribution >= 4 is 16.9 Å². The quantitative estimate of drug-likeness (QED) is 0.524. The van der Waals surface area contributed by atoms with Gasteiger partial charge in [-0.1, -0.05) is 12.8 Å². The van der Waals surface area contributed by atoms with Crippen molar-refractivity contribution in [2.24, 2.45) is 0 Å². The highest BCUT2D eigenvalue weighted by Crippen LogP contribution is 2.28. The van der Waals surface area contributed by atoms with E-state index in [1.54, 1.807) is 6.20 Å². The van der Waals surface area contributed by atoms with Crippen LogP contribution in [0.15, 0.2) is 24.7 Å². The summed E-state index contributed by atoms with van der Waals surface area (Å²) in [6, 6.07) is 0.779. The van der Waals surface area contributed by atoms with Crippen molar-refractivity contribution in [1.82, 2.24) is 19.9 Å². The zero-order valence-corrected chi connectivity index (χ0v) is 14.4. The number of hydrogen-bond donors (Lipinski definition) is 4. The summed E-state index contributed by atoms with van der Waals surface area (Å²) in [7, 11) is 0. The zero-order valence-electron chi connectivity index (χ0n) is 14.4. The van der Waals surface area contributed by atoms with Crippen molar-refractivity contribution < 1.29 is 19.0 Å². The lowest BCUT2D eigenvalue weighted by Crippen LogP contribution is -2.41. The van der Waals surface area contributed by atoms with Gasteiger partial charge in [0.25, 0.3) is 0 Å². The molecule has 0 saturated heterocycles. The van der Waals surface area contributed by atoms with Gasteiger partial charge in [-0.05, 0) is 18.9 Å². The summed E-state index contributed by atoms with van der Waals surface area (Å²) in [5.74, 6) is -1.05. The van der Waals surface area contributed by atoms with E-state index in [0.717, 1.165) is 25.2 Å². The molecule has 27 heavy (non-hydrogen) atoms. The van der Waals surface area contributed by atoms with E-state index in [9.17, 15) is 19.0 Å². The number of hydrogen-bond acceptors (Lipinski definition) is 6. The predicted octanol–water partition coefficient (Wildman–Crippen LogP) is 2.37. The molecule has 3 heterocycles. The lowest BCUT2D eigenvalue weighted by molar-refractivity contribution is 0.00940. The van der Waals surface area contributed by atoms with Crippen molar-refractivity contribution in [3.8, 4) is 11.4 Å². The molecule has 1 aliphatic carbocycles. The van der Waals surface area contributed by atoms with Gasteiger partial charge in [-0.15, -0.1) is 0 Å². The van der Waals surface area contributed by atoms with Gasteiger partial charge in [0.1, 0.15) is 11.5 Å². The van der Waals surface area contributed by atoms with Crippen molar-refractivity contribution in [2.45, 2.75) is 43.9 Å². The van der Waals surface area contributed by atoms with Crippen LogP contribution in [0, 0.1) is 11.6 Å². The second-order valence-corrected chi connectivity index (χ2v) is 6.74. The Kier molecular flexibility index (Phi) is 4.71. The maximum Gasteiger partial charge on any atom is 0.183 e. The van der Waals surface area contributed by atoms with Crippen LogP contribution in [0.2, 0.25) is 0 Å². The van der Waals surface area contributed by atoms with E-state index in [1.165, 1.54) is 6.07 Å². The molecule has 3 aromatic heterocycles. The number of H-pyrrole nitrogens is 1. The SMILES string of the molecule is OC1[C@H](O)CCCC[C@@H]1Nc1nc(-c2c[nH]c3ncc(F)cc23)ncc1F. The molecule has 1 unspecified atom stereocenters. The van der Waals surface area contributed by atoms with E-state index in [0.29, 0.717) is 29.4 Å². The molecule has 142 valence electrons. The van der Waals surface area contributed by atoms with Gasteiger partial charge >= 0.3 is 0 Å². The fourth-order valence-corrected chi connectivity index (χ4v) is 3.42. The van der Waals surface area contributed by atoms with Crippen LogP contribution in [-0.2, 0) is 0 Å². The summed E-state index contributed by atoms with van der Waals surface area (Å²) in [5, 5.41) is 23.6. The lowest BCUT2D eigenvalue weighted by atomic mass is 10.0. The largest absolute Gasteiger partial charge is 0.390 e. The Hall–Kier alpha value is -2.65. The molecule has 0 aromatic carbocycles. The van der Waals surface area contributed by atoms with E-state index < -0.39 is 29.9 Å². The number of nitrogens with one attached hydrogen (secondary N) is 2. The fraction of sp³-hybridized carbons (Fsp3) is 0.389. The van der Waals surface area contributed by atoms with Gasteiger partial charge in [0, 0.05) is 17.1 Å². The van der Waals surface area contributed by atoms with Gasteiger partial charge < -0.3 is 20.5 Å². The number of halogens is 2. The molecule has 1 fully saturated rings. The molecule has 0 amide bonds. The Morgan fingerprint density at radius 1 is 1.11 bits per heavy atom. The minimum Gasteiger partial charge on any atom is -0.390 e. The Balaban J connectivity index is 1.68. The monoisotopic (exact) mass is 375 g/mol. The minimum absolute atomic E-state index is 0.0723. The summed E-state index contributed by atoms with van der Waals surface area (Å²) in [6.45, 7) is 0. The smallest absolute Gasteiger partial charge is 0.183 e. The molecule has 3 aromatic rings. The summed E-state index contributed by atoms with van der Waals surface area (Å²) < 4.78 is 27.8. The molecule has 0 spiro atoms. The third-order valence-corrected chi connectivity index (χ3v) is 4.88. The summed E-state index contributed by atoms with van der Waals surface area (Å²) in [6.07, 6.45) is 4.51. The van der Waals surface area contributed by atoms with E-state index in [1.807, 2.05) is 0 Å². The van der Waals surface area contributed by atoms with Crippen LogP contribution < -0.4 is 5.32 Å². The highest BCUT2D eigenvalue weighted by atomic mass is 19.1. The number of aromatic nitrogens is 4.